The highest BCUT2D eigenvalue weighted by Gasteiger charge is 2.38. The van der Waals surface area contributed by atoms with Gasteiger partial charge in [-0.05, 0) is 18.6 Å². The summed E-state index contributed by atoms with van der Waals surface area (Å²) in [7, 11) is 4.42. The number of ether oxygens (including phenoxy) is 3. The van der Waals surface area contributed by atoms with Gasteiger partial charge in [-0.3, -0.25) is 4.79 Å². The molecule has 0 spiro atoms. The van der Waals surface area contributed by atoms with Crippen molar-refractivity contribution in [1.29, 1.82) is 0 Å². The van der Waals surface area contributed by atoms with Gasteiger partial charge < -0.3 is 29.0 Å². The molecule has 1 aliphatic rings. The van der Waals surface area contributed by atoms with Gasteiger partial charge in [-0.15, -0.1) is 11.8 Å². The minimum atomic E-state index is -1.23. The summed E-state index contributed by atoms with van der Waals surface area (Å²) in [6.45, 7) is 2.10. The van der Waals surface area contributed by atoms with E-state index in [2.05, 4.69) is 6.92 Å². The molecule has 0 radical (unpaired) electrons. The van der Waals surface area contributed by atoms with Crippen LogP contribution in [0.15, 0.2) is 12.1 Å². The Bertz CT molecular complexity index is 655. The highest BCUT2D eigenvalue weighted by Crippen LogP contribution is 2.40. The summed E-state index contributed by atoms with van der Waals surface area (Å²) in [5.41, 5.74) is 0.291. The first kappa shape index (κ1) is 21.2. The van der Waals surface area contributed by atoms with Crippen molar-refractivity contribution in [2.45, 2.75) is 44.0 Å². The van der Waals surface area contributed by atoms with Gasteiger partial charge >= 0.3 is 0 Å². The average molecular weight is 396 g/mol. The minimum absolute atomic E-state index is 0.189. The summed E-state index contributed by atoms with van der Waals surface area (Å²) in [6.07, 6.45) is 3.78. The Hall–Kier alpha value is -2.09. The van der Waals surface area contributed by atoms with Crippen molar-refractivity contribution >= 4 is 23.6 Å². The Morgan fingerprint density at radius 2 is 1.78 bits per heavy atom. The molecule has 0 aliphatic carbocycles. The van der Waals surface area contributed by atoms with Crippen LogP contribution in [0.2, 0.25) is 0 Å². The van der Waals surface area contributed by atoms with Crippen LogP contribution in [0.1, 0.15) is 43.0 Å². The van der Waals surface area contributed by atoms with Crippen LogP contribution in [0.3, 0.4) is 0 Å². The molecule has 2 rings (SSSR count). The molecule has 1 aliphatic heterocycles. The van der Waals surface area contributed by atoms with Crippen molar-refractivity contribution in [1.82, 2.24) is 4.90 Å². The zero-order valence-electron chi connectivity index (χ0n) is 16.1. The van der Waals surface area contributed by atoms with Gasteiger partial charge in [-0.1, -0.05) is 26.2 Å². The van der Waals surface area contributed by atoms with Crippen molar-refractivity contribution in [2.24, 2.45) is 0 Å². The lowest BCUT2D eigenvalue weighted by Crippen LogP contribution is -2.50. The Balaban J connectivity index is 2.37. The number of hydrogen-bond donors (Lipinski definition) is 0. The van der Waals surface area contributed by atoms with Crippen molar-refractivity contribution in [3.63, 3.8) is 0 Å². The molecule has 0 aromatic heterocycles. The van der Waals surface area contributed by atoms with Gasteiger partial charge in [-0.2, -0.15) is 0 Å². The van der Waals surface area contributed by atoms with Crippen LogP contribution < -0.4 is 19.3 Å². The Morgan fingerprint density at radius 1 is 1.15 bits per heavy atom. The lowest BCUT2D eigenvalue weighted by atomic mass is 10.1. The number of unbranched alkanes of at least 4 members (excludes halogenated alkanes) is 2. The van der Waals surface area contributed by atoms with E-state index < -0.39 is 12.0 Å². The van der Waals surface area contributed by atoms with Crippen molar-refractivity contribution < 1.29 is 28.9 Å². The third kappa shape index (κ3) is 4.61. The average Bonchev–Trinajstić information content (AvgIpc) is 3.10. The zero-order valence-corrected chi connectivity index (χ0v) is 17.0. The van der Waals surface area contributed by atoms with E-state index >= 15 is 0 Å². The smallest absolute Gasteiger partial charge is 0.255 e. The first-order valence-electron chi connectivity index (χ1n) is 8.93. The molecule has 0 saturated carbocycles. The summed E-state index contributed by atoms with van der Waals surface area (Å²) in [5, 5.41) is 11.4. The maximum atomic E-state index is 13.2. The van der Waals surface area contributed by atoms with Crippen LogP contribution in [-0.4, -0.2) is 55.3 Å². The van der Waals surface area contributed by atoms with Crippen LogP contribution in [0.4, 0.5) is 0 Å². The molecule has 0 bridgehead atoms. The number of aliphatic carboxylic acids is 1. The van der Waals surface area contributed by atoms with Crippen LogP contribution in [0.25, 0.3) is 0 Å². The van der Waals surface area contributed by atoms with Gasteiger partial charge in [0.1, 0.15) is 0 Å². The van der Waals surface area contributed by atoms with Crippen molar-refractivity contribution in [2.75, 3.05) is 27.1 Å². The van der Waals surface area contributed by atoms with Gasteiger partial charge in [0.2, 0.25) is 5.75 Å². The molecule has 27 heavy (non-hydrogen) atoms. The molecular formula is C19H26NO6S-. The van der Waals surface area contributed by atoms with E-state index in [1.54, 1.807) is 12.1 Å². The van der Waals surface area contributed by atoms with Gasteiger partial charge in [0.25, 0.3) is 5.91 Å². The molecule has 8 heteroatoms. The summed E-state index contributed by atoms with van der Waals surface area (Å²) in [4.78, 5) is 26.2. The quantitative estimate of drug-likeness (QED) is 0.589. The van der Waals surface area contributed by atoms with Crippen LogP contribution >= 0.6 is 11.8 Å². The summed E-state index contributed by atoms with van der Waals surface area (Å²) >= 11 is 1.48. The number of amides is 1. The molecular weight excluding hydrogens is 370 g/mol. The number of carboxylic acids is 1. The molecule has 1 aromatic carbocycles. The summed E-state index contributed by atoms with van der Waals surface area (Å²) in [5.74, 6) is -0.214. The number of carbonyl (C=O) groups excluding carboxylic acids is 2. The number of benzene rings is 1. The number of hydrogen-bond acceptors (Lipinski definition) is 7. The number of thioether (sulfide) groups is 1. The molecule has 7 nitrogen and oxygen atoms in total. The fourth-order valence-electron chi connectivity index (χ4n) is 3.16. The third-order valence-electron chi connectivity index (χ3n) is 4.57. The minimum Gasteiger partial charge on any atom is -0.548 e. The summed E-state index contributed by atoms with van der Waals surface area (Å²) < 4.78 is 15.9. The van der Waals surface area contributed by atoms with E-state index in [0.29, 0.717) is 28.6 Å². The van der Waals surface area contributed by atoms with E-state index in [4.69, 9.17) is 14.2 Å². The van der Waals surface area contributed by atoms with Crippen molar-refractivity contribution in [3.05, 3.63) is 17.7 Å². The second-order valence-corrected chi connectivity index (χ2v) is 7.46. The van der Waals surface area contributed by atoms with Crippen LogP contribution in [0, 0.1) is 0 Å². The third-order valence-corrected chi connectivity index (χ3v) is 5.92. The number of nitrogens with zero attached hydrogens (tertiary/aromatic N) is 1. The number of methoxy groups -OCH3 is 3. The Morgan fingerprint density at radius 3 is 2.26 bits per heavy atom. The van der Waals surface area contributed by atoms with E-state index in [-0.39, 0.29) is 11.3 Å². The molecule has 1 amide bonds. The molecule has 2 atom stereocenters. The van der Waals surface area contributed by atoms with Crippen molar-refractivity contribution in [3.8, 4) is 17.2 Å². The second-order valence-electron chi connectivity index (χ2n) is 6.25. The molecule has 1 fully saturated rings. The van der Waals surface area contributed by atoms with Gasteiger partial charge in [0.05, 0.1) is 38.7 Å². The lowest BCUT2D eigenvalue weighted by Gasteiger charge is -2.30. The number of carboxylic acid groups (broad SMARTS) is 1. The predicted molar refractivity (Wildman–Crippen MR) is 101 cm³/mol. The van der Waals surface area contributed by atoms with Gasteiger partial charge in [0.15, 0.2) is 11.5 Å². The second kappa shape index (κ2) is 9.73. The monoisotopic (exact) mass is 396 g/mol. The predicted octanol–water partition coefficient (Wildman–Crippen LogP) is 1.93. The molecule has 1 heterocycles. The first-order chi connectivity index (χ1) is 13.0. The topological polar surface area (TPSA) is 88.1 Å². The first-order valence-corrected chi connectivity index (χ1v) is 9.98. The standard InChI is InChI=1S/C19H27NO6S/c1-5-6-7-8-16-20(13(11-27-16)19(22)23)18(21)12-9-14(24-2)17(26-4)15(10-12)25-3/h9-10,13,16H,5-8,11H2,1-4H3,(H,22,23)/p-1/t13-,16+/m1/s1. The summed E-state index contributed by atoms with van der Waals surface area (Å²) in [6, 6.07) is 2.14. The number of rotatable bonds is 9. The maximum absolute atomic E-state index is 13.2. The fraction of sp³-hybridized carbons (Fsp3) is 0.579. The molecule has 150 valence electrons. The molecule has 0 unspecified atom stereocenters. The highest BCUT2D eigenvalue weighted by molar-refractivity contribution is 8.00. The highest BCUT2D eigenvalue weighted by atomic mass is 32.2. The Kier molecular flexibility index (Phi) is 7.65. The zero-order chi connectivity index (χ0) is 20.0. The fourth-order valence-corrected chi connectivity index (χ4v) is 4.60. The largest absolute Gasteiger partial charge is 0.548 e. The molecule has 0 N–H and O–H groups in total. The SMILES string of the molecule is CCCCC[C@@H]1SC[C@H](C(=O)[O-])N1C(=O)c1cc(OC)c(OC)c(OC)c1. The lowest BCUT2D eigenvalue weighted by molar-refractivity contribution is -0.310. The van der Waals surface area contributed by atoms with E-state index in [1.807, 2.05) is 0 Å². The molecule has 1 aromatic rings. The van der Waals surface area contributed by atoms with Gasteiger partial charge in [0, 0.05) is 11.3 Å². The van der Waals surface area contributed by atoms with E-state index in [9.17, 15) is 14.7 Å². The van der Waals surface area contributed by atoms with Gasteiger partial charge in [-0.25, -0.2) is 0 Å². The molecule has 1 saturated heterocycles. The normalized spacial score (nSPS) is 19.0. The number of carbonyl (C=O) groups is 2. The maximum Gasteiger partial charge on any atom is 0.255 e. The van der Waals surface area contributed by atoms with E-state index in [1.165, 1.54) is 38.0 Å². The van der Waals surface area contributed by atoms with Crippen LogP contribution in [0.5, 0.6) is 17.2 Å². The van der Waals surface area contributed by atoms with Crippen LogP contribution in [-0.2, 0) is 4.79 Å². The Labute approximate surface area is 164 Å². The van der Waals surface area contributed by atoms with E-state index in [0.717, 1.165) is 25.7 Å².